The van der Waals surface area contributed by atoms with E-state index in [-0.39, 0.29) is 17.6 Å². The van der Waals surface area contributed by atoms with Gasteiger partial charge >= 0.3 is 0 Å². The van der Waals surface area contributed by atoms with Crippen LogP contribution in [0.4, 0.5) is 17.1 Å². The average molecular weight is 995 g/mol. The van der Waals surface area contributed by atoms with Crippen LogP contribution in [0.2, 0.25) is 0 Å². The normalized spacial score (nSPS) is 19.4. The first-order chi connectivity index (χ1) is 34.2. The van der Waals surface area contributed by atoms with E-state index in [2.05, 4.69) is 71.1 Å². The highest BCUT2D eigenvalue weighted by atomic mass is 35.5. The summed E-state index contributed by atoms with van der Waals surface area (Å²) in [5.41, 5.74) is 3.58. The molecule has 0 spiro atoms. The van der Waals surface area contributed by atoms with Crippen LogP contribution < -0.4 is 29.5 Å². The molecule has 0 aliphatic carbocycles. The number of piperazine rings is 3. The van der Waals surface area contributed by atoms with Crippen LogP contribution >= 0.6 is 11.6 Å². The Labute approximate surface area is 422 Å². The standard InChI is InChI=1S/C18H27N3O3.C16H25N3O2.C12H16N2O2.C6H12ClNO/c1-16(22)20-6-8-21(9-7-20)17-2-4-18(5-3-17)24-15-12-19-10-13-23-14-11-19;1-3-16(21-14-11-18-9-12-20-13-10-18)4-2-15(1)19-7-5-17-6-8-19;1-10(15)13-6-8-14(9-7-13)11-2-4-12(16)5-3-11;7-1-2-8-3-5-9-6-4-8/h2-5H,6-15H2,1H3;1-4,17H,5-14H2;2-5,16H,6-9H2,1H3;1-6H2. The lowest BCUT2D eigenvalue weighted by molar-refractivity contribution is -0.129. The number of nitrogens with one attached hydrogen (secondary N) is 1. The van der Waals surface area contributed by atoms with Gasteiger partial charge in [0, 0.05) is 174 Å². The summed E-state index contributed by atoms with van der Waals surface area (Å²) in [7, 11) is 0. The number of morpholine rings is 3. The van der Waals surface area contributed by atoms with Gasteiger partial charge in [0.05, 0.1) is 39.6 Å². The number of ether oxygens (including phenoxy) is 5. The Morgan fingerprint density at radius 2 is 0.814 bits per heavy atom. The number of rotatable bonds is 13. The largest absolute Gasteiger partial charge is 0.508 e. The first-order valence-electron chi connectivity index (χ1n) is 25.4. The number of phenolic OH excluding ortho intramolecular Hbond substituents is 1. The van der Waals surface area contributed by atoms with Crippen molar-refractivity contribution in [2.45, 2.75) is 13.8 Å². The fraction of sp³-hybridized carbons (Fsp3) is 0.615. The summed E-state index contributed by atoms with van der Waals surface area (Å²) in [5, 5.41) is 12.6. The van der Waals surface area contributed by atoms with Crippen LogP contribution in [0, 0.1) is 0 Å². The quantitative estimate of drug-likeness (QED) is 0.242. The topological polar surface area (TPSA) is 138 Å². The third-order valence-corrected chi connectivity index (χ3v) is 13.4. The fourth-order valence-electron chi connectivity index (χ4n) is 8.83. The first kappa shape index (κ1) is 54.7. The van der Waals surface area contributed by atoms with Gasteiger partial charge in [-0.1, -0.05) is 0 Å². The molecule has 3 aromatic rings. The first-order valence-corrected chi connectivity index (χ1v) is 25.9. The van der Waals surface area contributed by atoms with Crippen LogP contribution in [0.15, 0.2) is 72.8 Å². The molecule has 6 heterocycles. The van der Waals surface area contributed by atoms with Gasteiger partial charge in [0.15, 0.2) is 0 Å². The van der Waals surface area contributed by atoms with Gasteiger partial charge in [0.25, 0.3) is 0 Å². The second kappa shape index (κ2) is 31.0. The lowest BCUT2D eigenvalue weighted by atomic mass is 10.2. The smallest absolute Gasteiger partial charge is 0.219 e. The minimum atomic E-state index is 0.144. The van der Waals surface area contributed by atoms with Crippen LogP contribution in [0.1, 0.15) is 13.8 Å². The van der Waals surface area contributed by atoms with Gasteiger partial charge in [-0.15, -0.1) is 11.6 Å². The van der Waals surface area contributed by atoms with Crippen molar-refractivity contribution in [3.63, 3.8) is 0 Å². The third-order valence-electron chi connectivity index (χ3n) is 13.2. The number of nitrogens with zero attached hydrogens (tertiary/aromatic N) is 8. The Bertz CT molecular complexity index is 1880. The third kappa shape index (κ3) is 19.5. The van der Waals surface area contributed by atoms with Crippen molar-refractivity contribution in [1.29, 1.82) is 0 Å². The molecule has 6 aliphatic rings. The lowest BCUT2D eigenvalue weighted by Crippen LogP contribution is -2.48. The molecule has 9 rings (SSSR count). The van der Waals surface area contributed by atoms with Gasteiger partial charge in [0.1, 0.15) is 30.5 Å². The molecule has 17 nitrogen and oxygen atoms in total. The van der Waals surface area contributed by atoms with Crippen molar-refractivity contribution in [3.8, 4) is 17.2 Å². The van der Waals surface area contributed by atoms with Gasteiger partial charge in [-0.3, -0.25) is 24.3 Å². The van der Waals surface area contributed by atoms with E-state index in [9.17, 15) is 14.7 Å². The lowest BCUT2D eigenvalue weighted by Gasteiger charge is -2.35. The zero-order valence-electron chi connectivity index (χ0n) is 41.9. The van der Waals surface area contributed by atoms with Gasteiger partial charge in [0.2, 0.25) is 11.8 Å². The Morgan fingerprint density at radius 1 is 0.486 bits per heavy atom. The van der Waals surface area contributed by atoms with E-state index < -0.39 is 0 Å². The van der Waals surface area contributed by atoms with Gasteiger partial charge in [-0.05, 0) is 72.8 Å². The number of hydrogen-bond donors (Lipinski definition) is 2. The van der Waals surface area contributed by atoms with E-state index in [4.69, 9.17) is 35.3 Å². The summed E-state index contributed by atoms with van der Waals surface area (Å²) >= 11 is 5.55. The molecular formula is C52H80ClN9O8. The molecule has 0 atom stereocenters. The number of benzene rings is 3. The van der Waals surface area contributed by atoms with E-state index >= 15 is 0 Å². The summed E-state index contributed by atoms with van der Waals surface area (Å²) in [6.45, 7) is 29.7. The number of aromatic hydroxyl groups is 1. The Hall–Kier alpha value is -4.59. The molecule has 6 fully saturated rings. The number of halogens is 1. The molecule has 70 heavy (non-hydrogen) atoms. The van der Waals surface area contributed by atoms with Crippen LogP contribution in [0.3, 0.4) is 0 Å². The van der Waals surface area contributed by atoms with E-state index in [1.807, 2.05) is 34.1 Å². The molecule has 6 aliphatic heterocycles. The molecule has 2 amide bonds. The molecule has 3 aromatic carbocycles. The van der Waals surface area contributed by atoms with E-state index in [0.717, 1.165) is 207 Å². The molecule has 388 valence electrons. The molecule has 0 unspecified atom stereocenters. The number of carbonyl (C=O) groups is 2. The maximum atomic E-state index is 11.4. The van der Waals surface area contributed by atoms with Crippen molar-refractivity contribution in [3.05, 3.63) is 72.8 Å². The highest BCUT2D eigenvalue weighted by Gasteiger charge is 2.20. The highest BCUT2D eigenvalue weighted by Crippen LogP contribution is 2.23. The second-order valence-electron chi connectivity index (χ2n) is 18.0. The Balaban J connectivity index is 0.000000160. The maximum absolute atomic E-state index is 11.4. The summed E-state index contributed by atoms with van der Waals surface area (Å²) in [5.74, 6) is 3.20. The van der Waals surface area contributed by atoms with Crippen LogP contribution in [-0.2, 0) is 23.8 Å². The van der Waals surface area contributed by atoms with Crippen molar-refractivity contribution in [2.75, 3.05) is 211 Å². The maximum Gasteiger partial charge on any atom is 0.219 e. The molecule has 6 saturated heterocycles. The SMILES string of the molecule is CC(=O)N1CCN(c2ccc(O)cc2)CC1.CC(=O)N1CCN(c2ccc(OCCN3CCOCC3)cc2)CC1.ClCCN1CCOCC1.c1cc(N2CCNCC2)ccc1OCCN1CCOCC1. The number of carbonyl (C=O) groups excluding carboxylic acids is 2. The second-order valence-corrected chi connectivity index (χ2v) is 18.4. The number of hydrogen-bond acceptors (Lipinski definition) is 15. The van der Waals surface area contributed by atoms with Gasteiger partial charge in [-0.25, -0.2) is 0 Å². The van der Waals surface area contributed by atoms with Crippen LogP contribution in [0.5, 0.6) is 17.2 Å². The van der Waals surface area contributed by atoms with E-state index in [0.29, 0.717) is 6.61 Å². The van der Waals surface area contributed by atoms with Crippen molar-refractivity contribution in [2.24, 2.45) is 0 Å². The Morgan fingerprint density at radius 3 is 1.16 bits per heavy atom. The average Bonchev–Trinajstić information content (AvgIpc) is 3.41. The minimum Gasteiger partial charge on any atom is -0.508 e. The van der Waals surface area contributed by atoms with Crippen molar-refractivity contribution >= 4 is 40.5 Å². The Kier molecular flexibility index (Phi) is 24.2. The molecule has 0 saturated carbocycles. The molecule has 0 radical (unpaired) electrons. The number of amides is 2. The number of phenols is 1. The molecule has 18 heteroatoms. The van der Waals surface area contributed by atoms with E-state index in [1.54, 1.807) is 26.0 Å². The van der Waals surface area contributed by atoms with Crippen molar-refractivity contribution < 1.29 is 38.4 Å². The molecule has 0 bridgehead atoms. The summed E-state index contributed by atoms with van der Waals surface area (Å²) in [4.78, 5) is 40.3. The number of anilines is 3. The summed E-state index contributed by atoms with van der Waals surface area (Å²) < 4.78 is 27.5. The fourth-order valence-corrected chi connectivity index (χ4v) is 9.07. The van der Waals surface area contributed by atoms with Gasteiger partial charge < -0.3 is 58.6 Å². The van der Waals surface area contributed by atoms with Crippen molar-refractivity contribution in [1.82, 2.24) is 29.8 Å². The van der Waals surface area contributed by atoms with E-state index in [1.165, 1.54) is 11.4 Å². The zero-order valence-corrected chi connectivity index (χ0v) is 42.7. The predicted octanol–water partition coefficient (Wildman–Crippen LogP) is 3.49. The van der Waals surface area contributed by atoms with Gasteiger partial charge in [-0.2, -0.15) is 0 Å². The number of alkyl halides is 1. The molecule has 2 N–H and O–H groups in total. The minimum absolute atomic E-state index is 0.144. The van der Waals surface area contributed by atoms with Crippen LogP contribution in [0.25, 0.3) is 0 Å². The predicted molar refractivity (Wildman–Crippen MR) is 278 cm³/mol. The molecular weight excluding hydrogens is 914 g/mol. The highest BCUT2D eigenvalue weighted by molar-refractivity contribution is 6.18. The zero-order chi connectivity index (χ0) is 49.2. The van der Waals surface area contributed by atoms with Crippen LogP contribution in [-0.4, -0.2) is 238 Å². The monoisotopic (exact) mass is 994 g/mol. The summed E-state index contributed by atoms with van der Waals surface area (Å²) in [6.07, 6.45) is 0. The molecule has 0 aromatic heterocycles. The summed E-state index contributed by atoms with van der Waals surface area (Å²) in [6, 6.07) is 23.9.